The summed E-state index contributed by atoms with van der Waals surface area (Å²) in [4.78, 5) is 10.6. The Labute approximate surface area is 64.8 Å². The normalized spacial score (nSPS) is 7.82. The molecule has 0 aromatic carbocycles. The van der Waals surface area contributed by atoms with E-state index in [1.54, 1.807) is 5.02 Å². The smallest absolute Gasteiger partial charge is 0.382 e. The van der Waals surface area contributed by atoms with Crippen LogP contribution in [0.4, 0.5) is 0 Å². The molecular weight excluding hydrogens is 172 g/mol. The monoisotopic (exact) mass is 178 g/mol. The summed E-state index contributed by atoms with van der Waals surface area (Å²) >= 11 is 0. The zero-order valence-electron chi connectivity index (χ0n) is 5.95. The second-order valence-electron chi connectivity index (χ2n) is 1.36. The number of esters is 1. The number of carbonyl (C=O) groups excluding carboxylic acids is 1. The molecule has 0 radical (unpaired) electrons. The topological polar surface area (TPSA) is 69.7 Å². The molecule has 0 aromatic heterocycles. The van der Waals surface area contributed by atoms with Gasteiger partial charge in [0.25, 0.3) is 16.1 Å². The van der Waals surface area contributed by atoms with Crippen molar-refractivity contribution in [1.29, 1.82) is 0 Å². The van der Waals surface area contributed by atoms with Crippen molar-refractivity contribution in [1.82, 2.24) is 0 Å². The van der Waals surface area contributed by atoms with E-state index in [9.17, 15) is 13.2 Å². The molecular formula is C5H6O5S. The lowest BCUT2D eigenvalue weighted by Crippen LogP contribution is -2.06. The number of ether oxygens (including phenoxy) is 2. The molecule has 0 bridgehead atoms. The van der Waals surface area contributed by atoms with E-state index in [-0.39, 0.29) is 0 Å². The summed E-state index contributed by atoms with van der Waals surface area (Å²) in [5.74, 6) is -1.35. The van der Waals surface area contributed by atoms with E-state index in [0.29, 0.717) is 0 Å². The van der Waals surface area contributed by atoms with Crippen LogP contribution in [0.25, 0.3) is 0 Å². The molecule has 0 heterocycles. The zero-order valence-corrected chi connectivity index (χ0v) is 6.77. The van der Waals surface area contributed by atoms with Gasteiger partial charge in [-0.1, -0.05) is 0 Å². The maximum Gasteiger partial charge on any atom is 0.382 e. The summed E-state index contributed by atoms with van der Waals surface area (Å²) in [5.41, 5.74) is 0. The van der Waals surface area contributed by atoms with Gasteiger partial charge in [0.1, 0.15) is 0 Å². The number of hydrogen-bond acceptors (Lipinski definition) is 5. The lowest BCUT2D eigenvalue weighted by atomic mass is 10.6. The molecule has 0 saturated carbocycles. The molecule has 0 saturated heterocycles. The molecule has 0 unspecified atom stereocenters. The lowest BCUT2D eigenvalue weighted by Gasteiger charge is -1.96. The third-order valence-electron chi connectivity index (χ3n) is 0.751. The van der Waals surface area contributed by atoms with Crippen molar-refractivity contribution in [3.8, 4) is 0 Å². The second kappa shape index (κ2) is 4.54. The Bertz CT molecular complexity index is 298. The quantitative estimate of drug-likeness (QED) is 0.234. The Morgan fingerprint density at radius 1 is 1.27 bits per heavy atom. The molecule has 0 aromatic rings. The van der Waals surface area contributed by atoms with E-state index >= 15 is 0 Å². The van der Waals surface area contributed by atoms with Crippen molar-refractivity contribution in [2.45, 2.75) is 0 Å². The Morgan fingerprint density at radius 3 is 2.09 bits per heavy atom. The SMILES string of the molecule is COC(=O)C(=C=S(=O)=O)OC. The van der Waals surface area contributed by atoms with Crippen LogP contribution in [0.5, 0.6) is 0 Å². The molecule has 0 aliphatic heterocycles. The van der Waals surface area contributed by atoms with Crippen LogP contribution in [-0.4, -0.2) is 33.6 Å². The molecule has 0 spiro atoms. The Kier molecular flexibility index (Phi) is 4.02. The minimum Gasteiger partial charge on any atom is -0.483 e. The third-order valence-corrected chi connectivity index (χ3v) is 1.10. The predicted octanol–water partition coefficient (Wildman–Crippen LogP) is -1.03. The van der Waals surface area contributed by atoms with E-state index < -0.39 is 22.0 Å². The maximum absolute atomic E-state index is 10.6. The predicted molar refractivity (Wildman–Crippen MR) is 36.5 cm³/mol. The molecule has 0 N–H and O–H groups in total. The first-order chi connectivity index (χ1) is 5.11. The van der Waals surface area contributed by atoms with Gasteiger partial charge in [0.05, 0.1) is 19.2 Å². The van der Waals surface area contributed by atoms with E-state index in [2.05, 4.69) is 9.47 Å². The number of hydrogen-bond donors (Lipinski definition) is 0. The standard InChI is InChI=1S/C5H6O5S/c1-9-4(3-11(7)8)5(6)10-2/h1-2H3. The molecule has 6 heteroatoms. The van der Waals surface area contributed by atoms with Crippen molar-refractivity contribution in [3.05, 3.63) is 5.76 Å². The molecule has 0 rings (SSSR count). The van der Waals surface area contributed by atoms with Crippen molar-refractivity contribution in [2.24, 2.45) is 0 Å². The summed E-state index contributed by atoms with van der Waals surface area (Å²) in [6.45, 7) is 0. The first-order valence-electron chi connectivity index (χ1n) is 2.47. The van der Waals surface area contributed by atoms with Crippen LogP contribution >= 0.6 is 0 Å². The van der Waals surface area contributed by atoms with E-state index in [0.717, 1.165) is 14.2 Å². The minimum absolute atomic E-state index is 0.471. The van der Waals surface area contributed by atoms with Gasteiger partial charge < -0.3 is 9.47 Å². The van der Waals surface area contributed by atoms with Crippen LogP contribution < -0.4 is 0 Å². The molecule has 0 aliphatic rings. The highest BCUT2D eigenvalue weighted by atomic mass is 32.2. The zero-order chi connectivity index (χ0) is 8.85. The Hall–Kier alpha value is -1.26. The lowest BCUT2D eigenvalue weighted by molar-refractivity contribution is -0.139. The third kappa shape index (κ3) is 3.44. The maximum atomic E-state index is 10.6. The van der Waals surface area contributed by atoms with Gasteiger partial charge in [0.2, 0.25) is 0 Å². The average molecular weight is 178 g/mol. The van der Waals surface area contributed by atoms with Crippen molar-refractivity contribution >= 4 is 21.3 Å². The first-order valence-corrected chi connectivity index (χ1v) is 3.54. The van der Waals surface area contributed by atoms with Crippen LogP contribution in [0, 0.1) is 0 Å². The van der Waals surface area contributed by atoms with Gasteiger partial charge in [-0.15, -0.1) is 0 Å². The molecule has 0 amide bonds. The van der Waals surface area contributed by atoms with Gasteiger partial charge in [-0.3, -0.25) is 0 Å². The van der Waals surface area contributed by atoms with Crippen LogP contribution in [0.15, 0.2) is 5.76 Å². The van der Waals surface area contributed by atoms with Gasteiger partial charge in [-0.25, -0.2) is 4.79 Å². The molecule has 5 nitrogen and oxygen atoms in total. The Morgan fingerprint density at radius 2 is 1.82 bits per heavy atom. The largest absolute Gasteiger partial charge is 0.483 e. The summed E-state index contributed by atoms with van der Waals surface area (Å²) < 4.78 is 28.5. The van der Waals surface area contributed by atoms with E-state index in [4.69, 9.17) is 0 Å². The van der Waals surface area contributed by atoms with E-state index in [1.165, 1.54) is 0 Å². The number of carbonyl (C=O) groups is 1. The Balaban J connectivity index is 5.00. The summed E-state index contributed by atoms with van der Waals surface area (Å²) in [6, 6.07) is 0. The van der Waals surface area contributed by atoms with Gasteiger partial charge >= 0.3 is 5.97 Å². The number of methoxy groups -OCH3 is 2. The molecule has 0 fully saturated rings. The fraction of sp³-hybridized carbons (Fsp3) is 0.400. The highest BCUT2D eigenvalue weighted by Crippen LogP contribution is 1.90. The van der Waals surface area contributed by atoms with Crippen LogP contribution in [0.1, 0.15) is 0 Å². The summed E-state index contributed by atoms with van der Waals surface area (Å²) in [5, 5.41) is 1.72. The second-order valence-corrected chi connectivity index (χ2v) is 2.04. The summed E-state index contributed by atoms with van der Waals surface area (Å²) in [7, 11) is -0.328. The van der Waals surface area contributed by atoms with Crippen LogP contribution in [0.2, 0.25) is 0 Å². The van der Waals surface area contributed by atoms with Gasteiger partial charge in [0, 0.05) is 0 Å². The fourth-order valence-corrected chi connectivity index (χ4v) is 0.653. The van der Waals surface area contributed by atoms with Crippen molar-refractivity contribution < 1.29 is 22.7 Å². The van der Waals surface area contributed by atoms with E-state index in [1.807, 2.05) is 0 Å². The van der Waals surface area contributed by atoms with Crippen molar-refractivity contribution in [2.75, 3.05) is 14.2 Å². The molecule has 0 aliphatic carbocycles. The average Bonchev–Trinajstić information content (AvgIpc) is 1.98. The molecule has 0 atom stereocenters. The summed E-state index contributed by atoms with van der Waals surface area (Å²) in [6.07, 6.45) is 0. The van der Waals surface area contributed by atoms with Gasteiger partial charge in [-0.2, -0.15) is 8.42 Å². The highest BCUT2D eigenvalue weighted by Gasteiger charge is 2.08. The van der Waals surface area contributed by atoms with Crippen LogP contribution in [0.3, 0.4) is 0 Å². The van der Waals surface area contributed by atoms with Crippen molar-refractivity contribution in [3.63, 3.8) is 0 Å². The molecule has 62 valence electrons. The minimum atomic E-state index is -2.58. The van der Waals surface area contributed by atoms with Gasteiger partial charge in [0.15, 0.2) is 0 Å². The van der Waals surface area contributed by atoms with Crippen LogP contribution in [-0.2, 0) is 24.6 Å². The first kappa shape index (κ1) is 9.74. The number of rotatable bonds is 2. The van der Waals surface area contributed by atoms with Gasteiger partial charge in [-0.05, 0) is 0 Å². The highest BCUT2D eigenvalue weighted by molar-refractivity contribution is 7.71. The fourth-order valence-electron chi connectivity index (χ4n) is 0.335. The molecule has 11 heavy (non-hydrogen) atoms.